The number of methoxy groups -OCH3 is 1. The van der Waals surface area contributed by atoms with Crippen molar-refractivity contribution in [2.24, 2.45) is 0 Å². The van der Waals surface area contributed by atoms with Gasteiger partial charge in [-0.05, 0) is 24.3 Å². The average Bonchev–Trinajstić information content (AvgIpc) is 3.21. The zero-order valence-corrected chi connectivity index (χ0v) is 13.6. The fraction of sp³-hybridized carbons (Fsp3) is 0.0476. The molecule has 0 spiro atoms. The first kappa shape index (κ1) is 15.1. The summed E-state index contributed by atoms with van der Waals surface area (Å²) in [5, 5.41) is 0.783. The van der Waals surface area contributed by atoms with Crippen LogP contribution in [-0.4, -0.2) is 18.1 Å². The summed E-state index contributed by atoms with van der Waals surface area (Å²) in [7, 11) is 1.38. The average molecular weight is 329 g/mol. The van der Waals surface area contributed by atoms with Crippen molar-refractivity contribution in [2.45, 2.75) is 0 Å². The highest BCUT2D eigenvalue weighted by molar-refractivity contribution is 6.04. The van der Waals surface area contributed by atoms with Gasteiger partial charge in [-0.15, -0.1) is 0 Å². The Morgan fingerprint density at radius 2 is 1.72 bits per heavy atom. The first-order valence-electron chi connectivity index (χ1n) is 7.88. The third kappa shape index (κ3) is 2.78. The van der Waals surface area contributed by atoms with E-state index in [0.29, 0.717) is 5.56 Å². The predicted molar refractivity (Wildman–Crippen MR) is 96.2 cm³/mol. The highest BCUT2D eigenvalue weighted by atomic mass is 16.5. The molecule has 0 aliphatic heterocycles. The number of carbonyl (C=O) groups is 1. The number of para-hydroxylation sites is 1. The Bertz CT molecular complexity index is 1030. The lowest BCUT2D eigenvalue weighted by Crippen LogP contribution is -2.03. The normalized spacial score (nSPS) is 10.8. The first-order valence-corrected chi connectivity index (χ1v) is 7.88. The van der Waals surface area contributed by atoms with Crippen molar-refractivity contribution in [3.63, 3.8) is 0 Å². The van der Waals surface area contributed by atoms with Gasteiger partial charge in [0.05, 0.1) is 30.1 Å². The van der Waals surface area contributed by atoms with Gasteiger partial charge < -0.3 is 9.15 Å². The molecule has 25 heavy (non-hydrogen) atoms. The second-order valence-corrected chi connectivity index (χ2v) is 5.62. The van der Waals surface area contributed by atoms with Crippen LogP contribution in [-0.2, 0) is 4.74 Å². The van der Waals surface area contributed by atoms with Crippen LogP contribution in [0.25, 0.3) is 33.5 Å². The maximum Gasteiger partial charge on any atom is 0.338 e. The Balaban J connectivity index is 1.82. The molecule has 4 aromatic rings. The fourth-order valence-corrected chi connectivity index (χ4v) is 2.85. The number of esters is 1. The van der Waals surface area contributed by atoms with Crippen LogP contribution in [0.5, 0.6) is 0 Å². The number of pyridine rings is 1. The second-order valence-electron chi connectivity index (χ2n) is 5.62. The van der Waals surface area contributed by atoms with E-state index in [1.807, 2.05) is 60.7 Å². The zero-order valence-electron chi connectivity index (χ0n) is 13.6. The van der Waals surface area contributed by atoms with E-state index >= 15 is 0 Å². The van der Waals surface area contributed by atoms with Crippen molar-refractivity contribution < 1.29 is 13.9 Å². The third-order valence-electron chi connectivity index (χ3n) is 4.11. The van der Waals surface area contributed by atoms with Crippen LogP contribution in [0.3, 0.4) is 0 Å². The molecular weight excluding hydrogens is 314 g/mol. The molecule has 0 unspecified atom stereocenters. The van der Waals surface area contributed by atoms with Gasteiger partial charge in [-0.2, -0.15) is 0 Å². The smallest absolute Gasteiger partial charge is 0.338 e. The SMILES string of the molecule is COC(=O)c1cc(-c2ccc(-c3ccco3)cc2)nc2ccccc12. The number of ether oxygens (including phenoxy) is 1. The van der Waals surface area contributed by atoms with E-state index in [1.54, 1.807) is 12.3 Å². The summed E-state index contributed by atoms with van der Waals surface area (Å²) in [6.45, 7) is 0. The van der Waals surface area contributed by atoms with Gasteiger partial charge in [0.15, 0.2) is 0 Å². The van der Waals surface area contributed by atoms with E-state index in [-0.39, 0.29) is 5.97 Å². The molecule has 0 saturated heterocycles. The molecule has 0 saturated carbocycles. The van der Waals surface area contributed by atoms with Gasteiger partial charge in [-0.3, -0.25) is 0 Å². The van der Waals surface area contributed by atoms with E-state index in [1.165, 1.54) is 7.11 Å². The fourth-order valence-electron chi connectivity index (χ4n) is 2.85. The Hall–Kier alpha value is -3.40. The van der Waals surface area contributed by atoms with E-state index in [2.05, 4.69) is 4.98 Å². The molecule has 4 rings (SSSR count). The maximum atomic E-state index is 12.2. The number of fused-ring (bicyclic) bond motifs is 1. The number of aromatic nitrogens is 1. The maximum absolute atomic E-state index is 12.2. The molecule has 0 fully saturated rings. The van der Waals surface area contributed by atoms with Crippen molar-refractivity contribution in [2.75, 3.05) is 7.11 Å². The molecule has 0 radical (unpaired) electrons. The largest absolute Gasteiger partial charge is 0.465 e. The van der Waals surface area contributed by atoms with E-state index in [0.717, 1.165) is 33.5 Å². The summed E-state index contributed by atoms with van der Waals surface area (Å²) in [4.78, 5) is 16.8. The van der Waals surface area contributed by atoms with Crippen molar-refractivity contribution in [1.29, 1.82) is 0 Å². The number of furan rings is 1. The number of nitrogens with zero attached hydrogens (tertiary/aromatic N) is 1. The summed E-state index contributed by atoms with van der Waals surface area (Å²) < 4.78 is 10.3. The molecular formula is C21H15NO3. The topological polar surface area (TPSA) is 52.3 Å². The number of carbonyl (C=O) groups excluding carboxylic acids is 1. The Labute approximate surface area is 144 Å². The zero-order chi connectivity index (χ0) is 17.2. The van der Waals surface area contributed by atoms with Crippen LogP contribution >= 0.6 is 0 Å². The second kappa shape index (κ2) is 6.24. The summed E-state index contributed by atoms with van der Waals surface area (Å²) in [6, 6.07) is 21.0. The van der Waals surface area contributed by atoms with Gasteiger partial charge in [-0.1, -0.05) is 42.5 Å². The first-order chi connectivity index (χ1) is 12.3. The Morgan fingerprint density at radius 1 is 0.960 bits per heavy atom. The molecule has 122 valence electrons. The molecule has 4 nitrogen and oxygen atoms in total. The number of hydrogen-bond donors (Lipinski definition) is 0. The standard InChI is InChI=1S/C21H15NO3/c1-24-21(23)17-13-19(22-18-6-3-2-5-16(17)18)14-8-10-15(11-9-14)20-7-4-12-25-20/h2-13H,1H3. The molecule has 0 aliphatic rings. The minimum atomic E-state index is -0.368. The number of rotatable bonds is 3. The van der Waals surface area contributed by atoms with Crippen LogP contribution in [0, 0.1) is 0 Å². The molecule has 2 aromatic carbocycles. The lowest BCUT2D eigenvalue weighted by molar-refractivity contribution is 0.0603. The molecule has 0 N–H and O–H groups in total. The summed E-state index contributed by atoms with van der Waals surface area (Å²) in [6.07, 6.45) is 1.65. The molecule has 0 amide bonds. The minimum absolute atomic E-state index is 0.368. The summed E-state index contributed by atoms with van der Waals surface area (Å²) in [5.41, 5.74) is 3.91. The minimum Gasteiger partial charge on any atom is -0.465 e. The Kier molecular flexibility index (Phi) is 3.78. The van der Waals surface area contributed by atoms with Gasteiger partial charge in [0, 0.05) is 16.5 Å². The molecule has 4 heteroatoms. The van der Waals surface area contributed by atoms with Gasteiger partial charge >= 0.3 is 5.97 Å². The predicted octanol–water partition coefficient (Wildman–Crippen LogP) is 4.95. The number of hydrogen-bond acceptors (Lipinski definition) is 4. The van der Waals surface area contributed by atoms with Crippen LogP contribution in [0.1, 0.15) is 10.4 Å². The van der Waals surface area contributed by atoms with Gasteiger partial charge in [-0.25, -0.2) is 9.78 Å². The van der Waals surface area contributed by atoms with Crippen LogP contribution < -0.4 is 0 Å². The monoisotopic (exact) mass is 329 g/mol. The van der Waals surface area contributed by atoms with Gasteiger partial charge in [0.1, 0.15) is 5.76 Å². The van der Waals surface area contributed by atoms with Crippen molar-refractivity contribution in [3.8, 4) is 22.6 Å². The summed E-state index contributed by atoms with van der Waals surface area (Å²) in [5.74, 6) is 0.445. The number of benzene rings is 2. The highest BCUT2D eigenvalue weighted by Crippen LogP contribution is 2.27. The van der Waals surface area contributed by atoms with E-state index in [9.17, 15) is 4.79 Å². The lowest BCUT2D eigenvalue weighted by atomic mass is 10.0. The lowest BCUT2D eigenvalue weighted by Gasteiger charge is -2.09. The molecule has 0 aliphatic carbocycles. The third-order valence-corrected chi connectivity index (χ3v) is 4.11. The summed E-state index contributed by atoms with van der Waals surface area (Å²) >= 11 is 0. The van der Waals surface area contributed by atoms with Crippen molar-refractivity contribution in [3.05, 3.63) is 78.6 Å². The highest BCUT2D eigenvalue weighted by Gasteiger charge is 2.14. The van der Waals surface area contributed by atoms with Crippen LogP contribution in [0.4, 0.5) is 0 Å². The Morgan fingerprint density at radius 3 is 2.44 bits per heavy atom. The van der Waals surface area contributed by atoms with E-state index in [4.69, 9.17) is 9.15 Å². The molecule has 2 heterocycles. The van der Waals surface area contributed by atoms with Crippen LogP contribution in [0.2, 0.25) is 0 Å². The van der Waals surface area contributed by atoms with Gasteiger partial charge in [0.2, 0.25) is 0 Å². The van der Waals surface area contributed by atoms with E-state index < -0.39 is 0 Å². The molecule has 0 atom stereocenters. The quantitative estimate of drug-likeness (QED) is 0.499. The van der Waals surface area contributed by atoms with Crippen LogP contribution in [0.15, 0.2) is 77.4 Å². The van der Waals surface area contributed by atoms with Crippen molar-refractivity contribution in [1.82, 2.24) is 4.98 Å². The van der Waals surface area contributed by atoms with Crippen molar-refractivity contribution >= 4 is 16.9 Å². The van der Waals surface area contributed by atoms with Gasteiger partial charge in [0.25, 0.3) is 0 Å². The molecule has 0 bridgehead atoms. The molecule has 2 aromatic heterocycles.